The molecule has 0 bridgehead atoms. The topological polar surface area (TPSA) is 38.3 Å². The average molecular weight is 270 g/mol. The molecule has 0 unspecified atom stereocenters. The van der Waals surface area contributed by atoms with E-state index in [9.17, 15) is 4.79 Å². The molecule has 1 rings (SSSR count). The summed E-state index contributed by atoms with van der Waals surface area (Å²) in [5.74, 6) is -0.199. The lowest BCUT2D eigenvalue weighted by Crippen LogP contribution is -2.25. The van der Waals surface area contributed by atoms with Gasteiger partial charge >= 0.3 is 5.97 Å². The zero-order valence-corrected chi connectivity index (χ0v) is 12.1. The minimum atomic E-state index is -0.428. The fourth-order valence-electron chi connectivity index (χ4n) is 1.49. The second-order valence-electron chi connectivity index (χ2n) is 5.18. The number of anilines is 1. The van der Waals surface area contributed by atoms with Gasteiger partial charge < -0.3 is 10.1 Å². The van der Waals surface area contributed by atoms with E-state index in [0.717, 1.165) is 16.3 Å². The molecule has 0 heterocycles. The molecule has 0 saturated heterocycles. The molecule has 1 aromatic rings. The van der Waals surface area contributed by atoms with E-state index < -0.39 is 5.60 Å². The maximum atomic E-state index is 11.5. The Bertz CT molecular complexity index is 424. The van der Waals surface area contributed by atoms with Crippen LogP contribution in [-0.2, 0) is 9.53 Å². The third-order valence-electron chi connectivity index (χ3n) is 2.33. The number of esters is 1. The first kappa shape index (κ1) is 14.8. The number of benzene rings is 1. The van der Waals surface area contributed by atoms with Crippen LogP contribution in [-0.4, -0.2) is 18.1 Å². The third-order valence-corrected chi connectivity index (χ3v) is 2.74. The van der Waals surface area contributed by atoms with Crippen LogP contribution < -0.4 is 5.32 Å². The van der Waals surface area contributed by atoms with Gasteiger partial charge in [0.2, 0.25) is 0 Å². The van der Waals surface area contributed by atoms with E-state index in [-0.39, 0.29) is 5.97 Å². The molecule has 100 valence electrons. The molecule has 0 aliphatic carbocycles. The molecular weight excluding hydrogens is 250 g/mol. The Balaban J connectivity index is 2.43. The number of halogens is 1. The number of rotatable bonds is 4. The molecule has 0 radical (unpaired) electrons. The van der Waals surface area contributed by atoms with Crippen molar-refractivity contribution in [3.63, 3.8) is 0 Å². The van der Waals surface area contributed by atoms with Crippen molar-refractivity contribution in [3.8, 4) is 0 Å². The van der Waals surface area contributed by atoms with Crippen LogP contribution in [0.1, 0.15) is 32.8 Å². The van der Waals surface area contributed by atoms with Gasteiger partial charge in [0.25, 0.3) is 0 Å². The molecule has 0 spiro atoms. The van der Waals surface area contributed by atoms with Crippen LogP contribution in [0.2, 0.25) is 5.02 Å². The molecule has 0 fully saturated rings. The summed E-state index contributed by atoms with van der Waals surface area (Å²) in [6, 6.07) is 5.66. The van der Waals surface area contributed by atoms with Gasteiger partial charge in [0, 0.05) is 17.3 Å². The van der Waals surface area contributed by atoms with Crippen molar-refractivity contribution in [1.29, 1.82) is 0 Å². The molecule has 0 amide bonds. The van der Waals surface area contributed by atoms with E-state index in [1.54, 1.807) is 0 Å². The fraction of sp³-hybridized carbons (Fsp3) is 0.500. The largest absolute Gasteiger partial charge is 0.460 e. The zero-order valence-electron chi connectivity index (χ0n) is 11.3. The van der Waals surface area contributed by atoms with Crippen molar-refractivity contribution < 1.29 is 9.53 Å². The first-order valence-corrected chi connectivity index (χ1v) is 6.38. The lowest BCUT2D eigenvalue weighted by molar-refractivity contribution is -0.154. The highest BCUT2D eigenvalue weighted by Crippen LogP contribution is 2.22. The second-order valence-corrected chi connectivity index (χ2v) is 5.58. The van der Waals surface area contributed by atoms with Crippen molar-refractivity contribution in [2.24, 2.45) is 0 Å². The summed E-state index contributed by atoms with van der Waals surface area (Å²) in [7, 11) is 0. The molecule has 0 aliphatic heterocycles. The number of hydrogen-bond donors (Lipinski definition) is 1. The Morgan fingerprint density at radius 3 is 2.67 bits per heavy atom. The predicted molar refractivity (Wildman–Crippen MR) is 75.1 cm³/mol. The van der Waals surface area contributed by atoms with Crippen molar-refractivity contribution in [2.45, 2.75) is 39.7 Å². The van der Waals surface area contributed by atoms with Gasteiger partial charge in [-0.05, 0) is 45.4 Å². The van der Waals surface area contributed by atoms with Crippen molar-refractivity contribution in [1.82, 2.24) is 0 Å². The van der Waals surface area contributed by atoms with Crippen LogP contribution in [0.3, 0.4) is 0 Å². The van der Waals surface area contributed by atoms with E-state index >= 15 is 0 Å². The highest BCUT2D eigenvalue weighted by molar-refractivity contribution is 6.31. The van der Waals surface area contributed by atoms with Gasteiger partial charge in [0.05, 0.1) is 6.42 Å². The molecule has 0 aromatic heterocycles. The summed E-state index contributed by atoms with van der Waals surface area (Å²) in [6.07, 6.45) is 0.337. The summed E-state index contributed by atoms with van der Waals surface area (Å²) in [5.41, 5.74) is 1.51. The molecular formula is C14H20ClNO2. The first-order chi connectivity index (χ1) is 8.29. The maximum absolute atomic E-state index is 11.5. The number of hydrogen-bond acceptors (Lipinski definition) is 3. The van der Waals surface area contributed by atoms with Crippen molar-refractivity contribution >= 4 is 23.3 Å². The number of nitrogens with one attached hydrogen (secondary N) is 1. The van der Waals surface area contributed by atoms with E-state index in [1.165, 1.54) is 0 Å². The van der Waals surface area contributed by atoms with Gasteiger partial charge in [0.15, 0.2) is 0 Å². The monoisotopic (exact) mass is 269 g/mol. The normalized spacial score (nSPS) is 11.2. The second kappa shape index (κ2) is 6.10. The highest BCUT2D eigenvalue weighted by Gasteiger charge is 2.15. The van der Waals surface area contributed by atoms with Gasteiger partial charge in [-0.25, -0.2) is 0 Å². The molecule has 1 N–H and O–H groups in total. The van der Waals surface area contributed by atoms with Crippen LogP contribution in [0.5, 0.6) is 0 Å². The Labute approximate surface area is 113 Å². The summed E-state index contributed by atoms with van der Waals surface area (Å²) in [4.78, 5) is 11.5. The summed E-state index contributed by atoms with van der Waals surface area (Å²) >= 11 is 6.01. The fourth-order valence-corrected chi connectivity index (χ4v) is 1.67. The standard InChI is InChI=1S/C14H20ClNO2/c1-10-11(15)6-5-7-12(10)16-9-8-13(17)18-14(2,3)4/h5-7,16H,8-9H2,1-4H3. The molecule has 3 nitrogen and oxygen atoms in total. The van der Waals surface area contributed by atoms with Crippen LogP contribution >= 0.6 is 11.6 Å². The van der Waals surface area contributed by atoms with Crippen LogP contribution in [0.25, 0.3) is 0 Å². The number of carbonyl (C=O) groups excluding carboxylic acids is 1. The molecule has 1 aromatic carbocycles. The zero-order chi connectivity index (χ0) is 13.8. The minimum Gasteiger partial charge on any atom is -0.460 e. The molecule has 0 saturated carbocycles. The number of ether oxygens (including phenoxy) is 1. The van der Waals surface area contributed by atoms with Gasteiger partial charge in [-0.15, -0.1) is 0 Å². The smallest absolute Gasteiger partial charge is 0.308 e. The van der Waals surface area contributed by atoms with Gasteiger partial charge in [0.1, 0.15) is 5.60 Å². The van der Waals surface area contributed by atoms with Gasteiger partial charge in [-0.3, -0.25) is 4.79 Å². The van der Waals surface area contributed by atoms with E-state index in [4.69, 9.17) is 16.3 Å². The van der Waals surface area contributed by atoms with Crippen LogP contribution in [0.4, 0.5) is 5.69 Å². The number of carbonyl (C=O) groups is 1. The Morgan fingerprint density at radius 1 is 1.39 bits per heavy atom. The van der Waals surface area contributed by atoms with E-state index in [1.807, 2.05) is 45.9 Å². The SMILES string of the molecule is Cc1c(Cl)cccc1NCCC(=O)OC(C)(C)C. The first-order valence-electron chi connectivity index (χ1n) is 6.00. The van der Waals surface area contributed by atoms with E-state index in [0.29, 0.717) is 13.0 Å². The van der Waals surface area contributed by atoms with Crippen molar-refractivity contribution in [3.05, 3.63) is 28.8 Å². The lowest BCUT2D eigenvalue weighted by Gasteiger charge is -2.19. The summed E-state index contributed by atoms with van der Waals surface area (Å²) in [6.45, 7) is 8.06. The van der Waals surface area contributed by atoms with E-state index in [2.05, 4.69) is 5.32 Å². The molecule has 0 atom stereocenters. The van der Waals surface area contributed by atoms with Crippen LogP contribution in [0, 0.1) is 6.92 Å². The summed E-state index contributed by atoms with van der Waals surface area (Å²) in [5, 5.41) is 3.90. The van der Waals surface area contributed by atoms with Crippen molar-refractivity contribution in [2.75, 3.05) is 11.9 Å². The third kappa shape index (κ3) is 4.96. The Kier molecular flexibility index (Phi) is 5.03. The predicted octanol–water partition coefficient (Wildman–Crippen LogP) is 3.79. The Hall–Kier alpha value is -1.22. The van der Waals surface area contributed by atoms with Crippen LogP contribution in [0.15, 0.2) is 18.2 Å². The molecule has 18 heavy (non-hydrogen) atoms. The molecule has 0 aliphatic rings. The summed E-state index contributed by atoms with van der Waals surface area (Å²) < 4.78 is 5.22. The maximum Gasteiger partial charge on any atom is 0.308 e. The quantitative estimate of drug-likeness (QED) is 0.845. The minimum absolute atomic E-state index is 0.199. The Morgan fingerprint density at radius 2 is 2.06 bits per heavy atom. The highest BCUT2D eigenvalue weighted by atomic mass is 35.5. The van der Waals surface area contributed by atoms with Gasteiger partial charge in [-0.2, -0.15) is 0 Å². The van der Waals surface area contributed by atoms with Gasteiger partial charge in [-0.1, -0.05) is 17.7 Å². The average Bonchev–Trinajstić information content (AvgIpc) is 2.21. The molecule has 4 heteroatoms. The lowest BCUT2D eigenvalue weighted by atomic mass is 10.2.